The van der Waals surface area contributed by atoms with Crippen molar-refractivity contribution in [2.24, 2.45) is 0 Å². The van der Waals surface area contributed by atoms with Gasteiger partial charge in [-0.1, -0.05) is 60.7 Å². The van der Waals surface area contributed by atoms with Gasteiger partial charge in [0.1, 0.15) is 0 Å². The highest BCUT2D eigenvalue weighted by molar-refractivity contribution is 5.31. The van der Waals surface area contributed by atoms with Gasteiger partial charge in [-0.15, -0.1) is 0 Å². The molecule has 126 valence electrons. The zero-order chi connectivity index (χ0) is 15.8. The largest absolute Gasteiger partial charge is 1.00 e. The Bertz CT molecular complexity index is 499. The molecule has 3 heteroatoms. The summed E-state index contributed by atoms with van der Waals surface area (Å²) >= 11 is 0. The van der Waals surface area contributed by atoms with Crippen molar-refractivity contribution in [3.63, 3.8) is 0 Å². The smallest absolute Gasteiger partial charge is 0.0911 e. The third kappa shape index (κ3) is 5.90. The fourth-order valence-electron chi connectivity index (χ4n) is 2.74. The fourth-order valence-corrected chi connectivity index (χ4v) is 2.74. The van der Waals surface area contributed by atoms with Crippen LogP contribution in [-0.2, 0) is 0 Å². The number of benzene rings is 2. The van der Waals surface area contributed by atoms with Crippen LogP contribution in [0, 0.1) is 0 Å². The van der Waals surface area contributed by atoms with E-state index in [9.17, 15) is 0 Å². The monoisotopic (exact) mass is 424 g/mol. The van der Waals surface area contributed by atoms with Gasteiger partial charge >= 0.3 is 0 Å². The van der Waals surface area contributed by atoms with E-state index in [0.717, 1.165) is 17.6 Å². The molecule has 0 heterocycles. The summed E-state index contributed by atoms with van der Waals surface area (Å²) < 4.78 is 1.11. The predicted molar refractivity (Wildman–Crippen MR) is 94.9 cm³/mol. The van der Waals surface area contributed by atoms with Crippen molar-refractivity contribution in [3.05, 3.63) is 71.8 Å². The van der Waals surface area contributed by atoms with E-state index in [1.54, 1.807) is 0 Å². The Labute approximate surface area is 158 Å². The first-order chi connectivity index (χ1) is 10.7. The quantitative estimate of drug-likeness (QED) is 0.490. The van der Waals surface area contributed by atoms with Gasteiger partial charge in [-0.05, 0) is 25.0 Å². The molecule has 0 fully saturated rings. The van der Waals surface area contributed by atoms with Gasteiger partial charge in [-0.3, -0.25) is 0 Å². The summed E-state index contributed by atoms with van der Waals surface area (Å²) in [6, 6.07) is 21.7. The van der Waals surface area contributed by atoms with Crippen molar-refractivity contribution in [2.45, 2.75) is 19.9 Å². The van der Waals surface area contributed by atoms with Crippen LogP contribution in [0.15, 0.2) is 60.7 Å². The normalized spacial score (nSPS) is 11.3. The number of halogens is 1. The second kappa shape index (κ2) is 10.1. The molecule has 0 aliphatic carbocycles. The second-order valence-electron chi connectivity index (χ2n) is 6.18. The average Bonchev–Trinajstić information content (AvgIpc) is 2.60. The summed E-state index contributed by atoms with van der Waals surface area (Å²) in [7, 11) is 2.34. The molecule has 0 saturated carbocycles. The summed E-state index contributed by atoms with van der Waals surface area (Å²) in [4.78, 5) is 0. The van der Waals surface area contributed by atoms with E-state index in [1.807, 2.05) is 0 Å². The number of nitrogens with one attached hydrogen (secondary N) is 1. The molecule has 0 atom stereocenters. The van der Waals surface area contributed by atoms with Crippen LogP contribution in [0.1, 0.15) is 31.0 Å². The van der Waals surface area contributed by atoms with Gasteiger partial charge in [0.15, 0.2) is 0 Å². The summed E-state index contributed by atoms with van der Waals surface area (Å²) in [6.45, 7) is 9.08. The maximum atomic E-state index is 3.76. The molecular formula is C20H29IN2. The van der Waals surface area contributed by atoms with Crippen molar-refractivity contribution in [1.29, 1.82) is 0 Å². The zero-order valence-corrected chi connectivity index (χ0v) is 16.7. The van der Waals surface area contributed by atoms with Crippen LogP contribution in [0.25, 0.3) is 0 Å². The van der Waals surface area contributed by atoms with E-state index in [4.69, 9.17) is 0 Å². The maximum Gasteiger partial charge on any atom is 0.0911 e. The van der Waals surface area contributed by atoms with E-state index in [-0.39, 0.29) is 30.0 Å². The summed E-state index contributed by atoms with van der Waals surface area (Å²) in [5, 5.41) is 3.76. The molecule has 23 heavy (non-hydrogen) atoms. The van der Waals surface area contributed by atoms with Crippen LogP contribution >= 0.6 is 0 Å². The molecule has 0 unspecified atom stereocenters. The van der Waals surface area contributed by atoms with Gasteiger partial charge < -0.3 is 33.8 Å². The lowest BCUT2D eigenvalue weighted by Crippen LogP contribution is -3.00. The minimum absolute atomic E-state index is 0. The molecule has 2 rings (SSSR count). The van der Waals surface area contributed by atoms with E-state index in [2.05, 4.69) is 86.9 Å². The van der Waals surface area contributed by atoms with Gasteiger partial charge in [-0.25, -0.2) is 0 Å². The van der Waals surface area contributed by atoms with Gasteiger partial charge in [-0.2, -0.15) is 0 Å². The Morgan fingerprint density at radius 3 is 1.65 bits per heavy atom. The van der Waals surface area contributed by atoms with Crippen LogP contribution in [0.3, 0.4) is 0 Å². The Kier molecular flexibility index (Phi) is 8.81. The summed E-state index contributed by atoms with van der Waals surface area (Å²) in [5.41, 5.74) is 2.66. The molecule has 0 spiro atoms. The molecule has 2 nitrogen and oxygen atoms in total. The molecule has 0 bridgehead atoms. The summed E-state index contributed by atoms with van der Waals surface area (Å²) in [6.07, 6.45) is 0. The molecule has 0 amide bonds. The number of likely N-dealkylation sites (N-methyl/N-ethyl adjacent to an activating group) is 1. The molecule has 0 aromatic heterocycles. The lowest BCUT2D eigenvalue weighted by Gasteiger charge is -2.33. The molecule has 0 aliphatic heterocycles. The Morgan fingerprint density at radius 2 is 1.26 bits per heavy atom. The predicted octanol–water partition coefficient (Wildman–Crippen LogP) is 0.856. The van der Waals surface area contributed by atoms with E-state index >= 15 is 0 Å². The number of quaternary nitrogens is 1. The highest BCUT2D eigenvalue weighted by Gasteiger charge is 2.18. The molecular weight excluding hydrogens is 395 g/mol. The zero-order valence-electron chi connectivity index (χ0n) is 14.5. The average molecular weight is 424 g/mol. The SMILES string of the molecule is CC[N+](C)(CC)CCNC(c1ccccc1)c1ccccc1.[I-]. The molecule has 0 saturated heterocycles. The van der Waals surface area contributed by atoms with Crippen molar-refractivity contribution >= 4 is 0 Å². The van der Waals surface area contributed by atoms with Crippen molar-refractivity contribution in [2.75, 3.05) is 33.2 Å². The van der Waals surface area contributed by atoms with Crippen molar-refractivity contribution < 1.29 is 28.5 Å². The molecule has 1 N–H and O–H groups in total. The molecule has 0 aliphatic rings. The summed E-state index contributed by atoms with van der Waals surface area (Å²) in [5.74, 6) is 0. The van der Waals surface area contributed by atoms with E-state index in [0.29, 0.717) is 0 Å². The standard InChI is InChI=1S/C20H29N2.HI/c1-4-22(3,5-2)17-16-21-20(18-12-8-6-9-13-18)19-14-10-7-11-15-19;/h6-15,20-21H,4-5,16-17H2,1-3H3;1H/q+1;/p-1. The first kappa shape index (κ1) is 20.1. The first-order valence-electron chi connectivity index (χ1n) is 8.35. The molecule has 2 aromatic rings. The minimum Gasteiger partial charge on any atom is -1.00 e. The Hall–Kier alpha value is -0.910. The lowest BCUT2D eigenvalue weighted by atomic mass is 9.99. The minimum atomic E-state index is 0. The van der Waals surface area contributed by atoms with E-state index in [1.165, 1.54) is 24.2 Å². The highest BCUT2D eigenvalue weighted by Crippen LogP contribution is 2.21. The number of nitrogens with zero attached hydrogens (tertiary/aromatic N) is 1. The second-order valence-corrected chi connectivity index (χ2v) is 6.18. The van der Waals surface area contributed by atoms with Crippen LogP contribution in [-0.4, -0.2) is 37.7 Å². The van der Waals surface area contributed by atoms with Gasteiger partial charge in [0, 0.05) is 6.54 Å². The Morgan fingerprint density at radius 1 is 0.826 bits per heavy atom. The van der Waals surface area contributed by atoms with Crippen LogP contribution in [0.2, 0.25) is 0 Å². The topological polar surface area (TPSA) is 12.0 Å². The Balaban J connectivity index is 0.00000264. The van der Waals surface area contributed by atoms with Gasteiger partial charge in [0.25, 0.3) is 0 Å². The molecule has 2 aromatic carbocycles. The maximum absolute atomic E-state index is 3.76. The van der Waals surface area contributed by atoms with Crippen LogP contribution in [0.5, 0.6) is 0 Å². The number of hydrogen-bond acceptors (Lipinski definition) is 1. The van der Waals surface area contributed by atoms with Gasteiger partial charge in [0.05, 0.1) is 32.7 Å². The van der Waals surface area contributed by atoms with Gasteiger partial charge in [0.2, 0.25) is 0 Å². The number of rotatable bonds is 8. The lowest BCUT2D eigenvalue weighted by molar-refractivity contribution is -0.905. The third-order valence-electron chi connectivity index (χ3n) is 4.79. The first-order valence-corrected chi connectivity index (χ1v) is 8.35. The van der Waals surface area contributed by atoms with Crippen molar-refractivity contribution in [3.8, 4) is 0 Å². The van der Waals surface area contributed by atoms with E-state index < -0.39 is 0 Å². The highest BCUT2D eigenvalue weighted by atomic mass is 127. The third-order valence-corrected chi connectivity index (χ3v) is 4.79. The van der Waals surface area contributed by atoms with Crippen LogP contribution < -0.4 is 29.3 Å². The van der Waals surface area contributed by atoms with Crippen molar-refractivity contribution in [1.82, 2.24) is 5.32 Å². The molecule has 0 radical (unpaired) electrons. The van der Waals surface area contributed by atoms with Crippen LogP contribution in [0.4, 0.5) is 0 Å². The number of hydrogen-bond donors (Lipinski definition) is 1. The fraction of sp³-hybridized carbons (Fsp3) is 0.400.